The Kier molecular flexibility index (Phi) is 6.63. The van der Waals surface area contributed by atoms with Gasteiger partial charge in [0.05, 0.1) is 0 Å². The lowest BCUT2D eigenvalue weighted by Crippen LogP contribution is -2.53. The van der Waals surface area contributed by atoms with Crippen LogP contribution in [0.5, 0.6) is 0 Å². The second-order valence-electron chi connectivity index (χ2n) is 7.76. The highest BCUT2D eigenvalue weighted by molar-refractivity contribution is 5.85. The van der Waals surface area contributed by atoms with E-state index in [1.54, 1.807) is 27.7 Å². The third-order valence-corrected chi connectivity index (χ3v) is 3.35. The first-order chi connectivity index (χ1) is 11.4. The van der Waals surface area contributed by atoms with E-state index in [0.29, 0.717) is 6.42 Å². The highest BCUT2D eigenvalue weighted by Gasteiger charge is 2.26. The minimum atomic E-state index is -0.696. The molecule has 0 aliphatic rings. The van der Waals surface area contributed by atoms with Crippen molar-refractivity contribution in [3.8, 4) is 12.3 Å². The number of amides is 2. The third-order valence-electron chi connectivity index (χ3n) is 3.35. The number of alkyl carbamates (subject to hydrolysis) is 1. The van der Waals surface area contributed by atoms with Crippen molar-refractivity contribution < 1.29 is 14.3 Å². The number of carbonyl (C=O) groups is 2. The molecule has 1 rings (SSSR count). The molecule has 0 saturated heterocycles. The van der Waals surface area contributed by atoms with Crippen LogP contribution in [-0.2, 0) is 16.0 Å². The maximum absolute atomic E-state index is 12.3. The van der Waals surface area contributed by atoms with E-state index in [1.807, 2.05) is 38.1 Å². The van der Waals surface area contributed by atoms with Crippen LogP contribution in [0.4, 0.5) is 4.79 Å². The van der Waals surface area contributed by atoms with Gasteiger partial charge in [-0.25, -0.2) is 4.79 Å². The minimum absolute atomic E-state index is 0.267. The molecular formula is C20H28N2O3. The van der Waals surface area contributed by atoms with Crippen molar-refractivity contribution in [2.75, 3.05) is 0 Å². The smallest absolute Gasteiger partial charge is 0.408 e. The first-order valence-electron chi connectivity index (χ1n) is 8.29. The maximum atomic E-state index is 12.3. The normalized spacial score (nSPS) is 12.7. The van der Waals surface area contributed by atoms with Crippen molar-refractivity contribution in [3.05, 3.63) is 35.4 Å². The van der Waals surface area contributed by atoms with Gasteiger partial charge in [-0.05, 0) is 65.7 Å². The zero-order valence-corrected chi connectivity index (χ0v) is 15.9. The van der Waals surface area contributed by atoms with Gasteiger partial charge in [0.1, 0.15) is 11.6 Å². The zero-order chi connectivity index (χ0) is 19.3. The molecule has 0 heterocycles. The highest BCUT2D eigenvalue weighted by atomic mass is 16.6. The van der Waals surface area contributed by atoms with E-state index in [-0.39, 0.29) is 5.91 Å². The highest BCUT2D eigenvalue weighted by Crippen LogP contribution is 2.14. The molecule has 0 saturated carbocycles. The molecule has 1 aromatic carbocycles. The Bertz CT molecular complexity index is 649. The standard InChI is InChI=1S/C20H28N2O3/c1-8-15-9-11-16(12-10-15)13-20(6,7)22-17(23)14(2)21-18(24)25-19(3,4)5/h1,9-12,14H,13H2,2-7H3,(H,21,24)(H,22,23)/t14-/m0/s1. The number of ether oxygens (including phenoxy) is 1. The van der Waals surface area contributed by atoms with Crippen molar-refractivity contribution >= 4 is 12.0 Å². The number of terminal acetylenes is 1. The van der Waals surface area contributed by atoms with Gasteiger partial charge >= 0.3 is 6.09 Å². The van der Waals surface area contributed by atoms with Crippen molar-refractivity contribution in [1.29, 1.82) is 0 Å². The summed E-state index contributed by atoms with van der Waals surface area (Å²) in [6, 6.07) is 6.95. The molecule has 1 aromatic rings. The number of benzene rings is 1. The molecule has 0 bridgehead atoms. The van der Waals surface area contributed by atoms with E-state index in [9.17, 15) is 9.59 Å². The average Bonchev–Trinajstić information content (AvgIpc) is 2.44. The topological polar surface area (TPSA) is 67.4 Å². The molecule has 0 spiro atoms. The lowest BCUT2D eigenvalue weighted by Gasteiger charge is -2.29. The summed E-state index contributed by atoms with van der Waals surface area (Å²) in [6.07, 6.45) is 5.38. The summed E-state index contributed by atoms with van der Waals surface area (Å²) in [5.41, 5.74) is 0.806. The fourth-order valence-corrected chi connectivity index (χ4v) is 2.26. The van der Waals surface area contributed by atoms with Crippen LogP contribution >= 0.6 is 0 Å². The van der Waals surface area contributed by atoms with Gasteiger partial charge in [0.15, 0.2) is 0 Å². The summed E-state index contributed by atoms with van der Waals surface area (Å²) in [5.74, 6) is 2.31. The maximum Gasteiger partial charge on any atom is 0.408 e. The SMILES string of the molecule is C#Cc1ccc(CC(C)(C)NC(=O)[C@H](C)NC(=O)OC(C)(C)C)cc1. The van der Waals surface area contributed by atoms with E-state index in [4.69, 9.17) is 11.2 Å². The molecule has 0 aromatic heterocycles. The number of hydrogen-bond acceptors (Lipinski definition) is 3. The van der Waals surface area contributed by atoms with Crippen LogP contribution in [0.25, 0.3) is 0 Å². The van der Waals surface area contributed by atoms with Crippen LogP contribution in [0.3, 0.4) is 0 Å². The molecular weight excluding hydrogens is 316 g/mol. The van der Waals surface area contributed by atoms with Crippen LogP contribution in [0, 0.1) is 12.3 Å². The Morgan fingerprint density at radius 3 is 2.20 bits per heavy atom. The quantitative estimate of drug-likeness (QED) is 0.807. The molecule has 0 fully saturated rings. The van der Waals surface area contributed by atoms with Gasteiger partial charge in [-0.1, -0.05) is 18.1 Å². The molecule has 1 atom stereocenters. The summed E-state index contributed by atoms with van der Waals surface area (Å²) in [6.45, 7) is 10.8. The molecule has 5 heteroatoms. The van der Waals surface area contributed by atoms with E-state index in [2.05, 4.69) is 16.6 Å². The molecule has 25 heavy (non-hydrogen) atoms. The van der Waals surface area contributed by atoms with Crippen molar-refractivity contribution in [2.45, 2.75) is 65.1 Å². The van der Waals surface area contributed by atoms with Gasteiger partial charge < -0.3 is 15.4 Å². The van der Waals surface area contributed by atoms with Gasteiger partial charge in [0.25, 0.3) is 0 Å². The largest absolute Gasteiger partial charge is 0.444 e. The molecule has 2 amide bonds. The lowest BCUT2D eigenvalue weighted by molar-refractivity contribution is -0.124. The predicted molar refractivity (Wildman–Crippen MR) is 99.1 cm³/mol. The van der Waals surface area contributed by atoms with Gasteiger partial charge in [-0.2, -0.15) is 0 Å². The number of carbonyl (C=O) groups excluding carboxylic acids is 2. The molecule has 5 nitrogen and oxygen atoms in total. The Labute approximate surface area is 150 Å². The first kappa shape index (κ1) is 20.6. The van der Waals surface area contributed by atoms with Gasteiger partial charge in [-0.3, -0.25) is 4.79 Å². The first-order valence-corrected chi connectivity index (χ1v) is 8.29. The Morgan fingerprint density at radius 2 is 1.72 bits per heavy atom. The molecule has 2 N–H and O–H groups in total. The average molecular weight is 344 g/mol. The van der Waals surface area contributed by atoms with Crippen LogP contribution in [-0.4, -0.2) is 29.2 Å². The molecule has 136 valence electrons. The van der Waals surface area contributed by atoms with Crippen molar-refractivity contribution in [1.82, 2.24) is 10.6 Å². The Hall–Kier alpha value is -2.48. The van der Waals surface area contributed by atoms with Crippen LogP contribution in [0.2, 0.25) is 0 Å². The monoisotopic (exact) mass is 344 g/mol. The molecule has 0 aliphatic heterocycles. The van der Waals surface area contributed by atoms with E-state index in [0.717, 1.165) is 11.1 Å². The number of rotatable bonds is 5. The summed E-state index contributed by atoms with van der Waals surface area (Å²) in [5, 5.41) is 5.49. The van der Waals surface area contributed by atoms with Crippen molar-refractivity contribution in [3.63, 3.8) is 0 Å². The van der Waals surface area contributed by atoms with Crippen molar-refractivity contribution in [2.24, 2.45) is 0 Å². The Morgan fingerprint density at radius 1 is 1.16 bits per heavy atom. The van der Waals surface area contributed by atoms with E-state index < -0.39 is 23.3 Å². The lowest BCUT2D eigenvalue weighted by atomic mass is 9.94. The predicted octanol–water partition coefficient (Wildman–Crippen LogP) is 3.02. The number of nitrogens with one attached hydrogen (secondary N) is 2. The fourth-order valence-electron chi connectivity index (χ4n) is 2.26. The van der Waals surface area contributed by atoms with Crippen LogP contribution in [0.15, 0.2) is 24.3 Å². The summed E-state index contributed by atoms with van der Waals surface area (Å²) >= 11 is 0. The second-order valence-corrected chi connectivity index (χ2v) is 7.76. The third kappa shape index (κ3) is 7.75. The number of hydrogen-bond donors (Lipinski definition) is 2. The fraction of sp³-hybridized carbons (Fsp3) is 0.500. The summed E-state index contributed by atoms with van der Waals surface area (Å²) in [7, 11) is 0. The minimum Gasteiger partial charge on any atom is -0.444 e. The van der Waals surface area contributed by atoms with Gasteiger partial charge in [0, 0.05) is 11.1 Å². The van der Waals surface area contributed by atoms with Crippen LogP contribution < -0.4 is 10.6 Å². The van der Waals surface area contributed by atoms with E-state index >= 15 is 0 Å². The summed E-state index contributed by atoms with van der Waals surface area (Å²) in [4.78, 5) is 24.1. The molecule has 0 radical (unpaired) electrons. The second kappa shape index (κ2) is 8.06. The Balaban J connectivity index is 2.60. The van der Waals surface area contributed by atoms with E-state index in [1.165, 1.54) is 0 Å². The van der Waals surface area contributed by atoms with Gasteiger partial charge in [0.2, 0.25) is 5.91 Å². The molecule has 0 aliphatic carbocycles. The molecule has 0 unspecified atom stereocenters. The van der Waals surface area contributed by atoms with Crippen LogP contribution in [0.1, 0.15) is 52.7 Å². The zero-order valence-electron chi connectivity index (χ0n) is 15.9. The van der Waals surface area contributed by atoms with Gasteiger partial charge in [-0.15, -0.1) is 6.42 Å². The summed E-state index contributed by atoms with van der Waals surface area (Å²) < 4.78 is 5.16.